The number of amides is 2. The predicted molar refractivity (Wildman–Crippen MR) is 76.6 cm³/mol. The molecule has 0 aromatic heterocycles. The summed E-state index contributed by atoms with van der Waals surface area (Å²) < 4.78 is 5.29. The number of halogens is 1. The fourth-order valence-corrected chi connectivity index (χ4v) is 3.23. The highest BCUT2D eigenvalue weighted by atomic mass is 35.5. The molecule has 108 valence electrons. The Morgan fingerprint density at radius 2 is 2.10 bits per heavy atom. The van der Waals surface area contributed by atoms with Crippen LogP contribution < -0.4 is 5.32 Å². The largest absolute Gasteiger partial charge is 0.384 e. The Morgan fingerprint density at radius 1 is 1.40 bits per heavy atom. The number of benzene rings is 1. The number of nitrogens with one attached hydrogen (secondary N) is 1. The van der Waals surface area contributed by atoms with Crippen molar-refractivity contribution < 1.29 is 14.3 Å². The molecule has 2 atom stereocenters. The number of ether oxygens (including phenoxy) is 1. The van der Waals surface area contributed by atoms with E-state index in [1.165, 1.54) is 0 Å². The van der Waals surface area contributed by atoms with Crippen LogP contribution in [0.15, 0.2) is 24.3 Å². The van der Waals surface area contributed by atoms with Crippen molar-refractivity contribution in [3.8, 4) is 0 Å². The molecule has 1 saturated heterocycles. The highest BCUT2D eigenvalue weighted by molar-refractivity contribution is 6.31. The summed E-state index contributed by atoms with van der Waals surface area (Å²) in [6.45, 7) is 2.31. The van der Waals surface area contributed by atoms with Gasteiger partial charge in [-0.3, -0.25) is 14.9 Å². The van der Waals surface area contributed by atoms with Crippen LogP contribution >= 0.6 is 11.6 Å². The molecule has 2 unspecified atom stereocenters. The van der Waals surface area contributed by atoms with Gasteiger partial charge in [0.1, 0.15) is 0 Å². The van der Waals surface area contributed by atoms with Crippen molar-refractivity contribution in [1.82, 2.24) is 5.32 Å². The second-order valence-electron chi connectivity index (χ2n) is 5.19. The molecule has 1 heterocycles. The number of hydrogen-bond donors (Lipinski definition) is 1. The molecule has 1 fully saturated rings. The molecule has 5 heteroatoms. The number of hydrogen-bond acceptors (Lipinski definition) is 3. The van der Waals surface area contributed by atoms with Gasteiger partial charge < -0.3 is 4.74 Å². The molecule has 0 saturated carbocycles. The lowest BCUT2D eigenvalue weighted by Gasteiger charge is -2.42. The first kappa shape index (κ1) is 15.0. The third kappa shape index (κ3) is 2.58. The van der Waals surface area contributed by atoms with Gasteiger partial charge in [-0.2, -0.15) is 0 Å². The maximum atomic E-state index is 12.4. The minimum atomic E-state index is -0.542. The maximum Gasteiger partial charge on any atom is 0.234 e. The predicted octanol–water partition coefficient (Wildman–Crippen LogP) is 2.51. The average molecular weight is 296 g/mol. The average Bonchev–Trinajstić information content (AvgIpc) is 2.40. The SMILES string of the molecule is CCC1(COC)CC(=O)NC(=O)C1c1ccccc1Cl. The second-order valence-corrected chi connectivity index (χ2v) is 5.60. The summed E-state index contributed by atoms with van der Waals surface area (Å²) in [5.74, 6) is -1.02. The van der Waals surface area contributed by atoms with Crippen LogP contribution in [0.1, 0.15) is 31.2 Å². The smallest absolute Gasteiger partial charge is 0.234 e. The number of carbonyl (C=O) groups excluding carboxylic acids is 2. The molecule has 1 aromatic rings. The van der Waals surface area contributed by atoms with Gasteiger partial charge in [-0.1, -0.05) is 36.7 Å². The number of imide groups is 1. The topological polar surface area (TPSA) is 55.4 Å². The first-order valence-corrected chi connectivity index (χ1v) is 6.99. The fraction of sp³-hybridized carbons (Fsp3) is 0.467. The normalized spacial score (nSPS) is 26.4. The number of carbonyl (C=O) groups is 2. The molecule has 0 bridgehead atoms. The Kier molecular flexibility index (Phi) is 4.45. The van der Waals surface area contributed by atoms with Crippen LogP contribution in [0.4, 0.5) is 0 Å². The first-order chi connectivity index (χ1) is 9.54. The Morgan fingerprint density at radius 3 is 2.70 bits per heavy atom. The summed E-state index contributed by atoms with van der Waals surface area (Å²) in [5, 5.41) is 2.95. The molecule has 2 rings (SSSR count). The molecule has 1 aliphatic heterocycles. The summed E-state index contributed by atoms with van der Waals surface area (Å²) >= 11 is 6.24. The van der Waals surface area contributed by atoms with Crippen molar-refractivity contribution in [2.24, 2.45) is 5.41 Å². The van der Waals surface area contributed by atoms with Crippen molar-refractivity contribution in [2.45, 2.75) is 25.7 Å². The van der Waals surface area contributed by atoms with Gasteiger partial charge in [0.15, 0.2) is 0 Å². The Hall–Kier alpha value is -1.39. The van der Waals surface area contributed by atoms with Gasteiger partial charge in [0, 0.05) is 24.0 Å². The minimum absolute atomic E-state index is 0.253. The van der Waals surface area contributed by atoms with E-state index in [9.17, 15) is 9.59 Å². The second kappa shape index (κ2) is 5.94. The molecule has 1 aromatic carbocycles. The fourth-order valence-electron chi connectivity index (χ4n) is 2.99. The summed E-state index contributed by atoms with van der Waals surface area (Å²) in [5.41, 5.74) is 0.206. The van der Waals surface area contributed by atoms with Gasteiger partial charge in [-0.05, 0) is 18.1 Å². The standard InChI is InChI=1S/C15H18ClNO3/c1-3-15(9-20-2)8-12(18)17-14(19)13(15)10-6-4-5-7-11(10)16/h4-7,13H,3,8-9H2,1-2H3,(H,17,18,19). The van der Waals surface area contributed by atoms with Gasteiger partial charge in [0.25, 0.3) is 0 Å². The lowest BCUT2D eigenvalue weighted by molar-refractivity contribution is -0.142. The Labute approximate surface area is 123 Å². The van der Waals surface area contributed by atoms with Crippen molar-refractivity contribution in [3.05, 3.63) is 34.9 Å². The van der Waals surface area contributed by atoms with E-state index in [2.05, 4.69) is 5.32 Å². The zero-order chi connectivity index (χ0) is 14.8. The van der Waals surface area contributed by atoms with Crippen molar-refractivity contribution in [2.75, 3.05) is 13.7 Å². The lowest BCUT2D eigenvalue weighted by Crippen LogP contribution is -2.52. The van der Waals surface area contributed by atoms with E-state index in [-0.39, 0.29) is 18.2 Å². The molecule has 0 aliphatic carbocycles. The maximum absolute atomic E-state index is 12.4. The van der Waals surface area contributed by atoms with Crippen LogP contribution in [0.5, 0.6) is 0 Å². The highest BCUT2D eigenvalue weighted by Gasteiger charge is 2.48. The van der Waals surface area contributed by atoms with Crippen molar-refractivity contribution >= 4 is 23.4 Å². The van der Waals surface area contributed by atoms with Crippen molar-refractivity contribution in [1.29, 1.82) is 0 Å². The summed E-state index contributed by atoms with van der Waals surface area (Å²) in [6, 6.07) is 7.26. The van der Waals surface area contributed by atoms with Gasteiger partial charge in [-0.15, -0.1) is 0 Å². The molecule has 1 aliphatic rings. The van der Waals surface area contributed by atoms with E-state index in [4.69, 9.17) is 16.3 Å². The van der Waals surface area contributed by atoms with E-state index in [1.807, 2.05) is 25.1 Å². The van der Waals surface area contributed by atoms with E-state index in [1.54, 1.807) is 13.2 Å². The van der Waals surface area contributed by atoms with Crippen molar-refractivity contribution in [3.63, 3.8) is 0 Å². The van der Waals surface area contributed by atoms with Gasteiger partial charge in [0.2, 0.25) is 11.8 Å². The molecule has 4 nitrogen and oxygen atoms in total. The molecular weight excluding hydrogens is 278 g/mol. The van der Waals surface area contributed by atoms with E-state index < -0.39 is 11.3 Å². The number of rotatable bonds is 4. The van der Waals surface area contributed by atoms with Crippen LogP contribution in [0.25, 0.3) is 0 Å². The lowest BCUT2D eigenvalue weighted by atomic mass is 9.66. The zero-order valence-electron chi connectivity index (χ0n) is 11.6. The number of methoxy groups -OCH3 is 1. The molecule has 0 radical (unpaired) electrons. The zero-order valence-corrected chi connectivity index (χ0v) is 12.4. The Bertz CT molecular complexity index is 532. The molecule has 2 amide bonds. The first-order valence-electron chi connectivity index (χ1n) is 6.61. The van der Waals surface area contributed by atoms with Crippen LogP contribution in [0, 0.1) is 5.41 Å². The summed E-state index contributed by atoms with van der Waals surface area (Å²) in [6.07, 6.45) is 0.925. The highest BCUT2D eigenvalue weighted by Crippen LogP contribution is 2.46. The van der Waals surface area contributed by atoms with Crippen LogP contribution in [0.3, 0.4) is 0 Å². The van der Waals surface area contributed by atoms with Gasteiger partial charge in [-0.25, -0.2) is 0 Å². The Balaban J connectivity index is 2.52. The third-order valence-corrected chi connectivity index (χ3v) is 4.35. The van der Waals surface area contributed by atoms with Gasteiger partial charge >= 0.3 is 0 Å². The number of piperidine rings is 1. The molecule has 20 heavy (non-hydrogen) atoms. The molecular formula is C15H18ClNO3. The monoisotopic (exact) mass is 295 g/mol. The summed E-state index contributed by atoms with van der Waals surface area (Å²) in [4.78, 5) is 24.1. The third-order valence-electron chi connectivity index (χ3n) is 4.00. The van der Waals surface area contributed by atoms with E-state index in [0.717, 1.165) is 5.56 Å². The quantitative estimate of drug-likeness (QED) is 0.868. The molecule has 1 N–H and O–H groups in total. The minimum Gasteiger partial charge on any atom is -0.384 e. The van der Waals surface area contributed by atoms with Crippen LogP contribution in [0.2, 0.25) is 5.02 Å². The van der Waals surface area contributed by atoms with E-state index in [0.29, 0.717) is 18.1 Å². The van der Waals surface area contributed by atoms with Gasteiger partial charge in [0.05, 0.1) is 12.5 Å². The molecule has 0 spiro atoms. The van der Waals surface area contributed by atoms with E-state index >= 15 is 0 Å². The van der Waals surface area contributed by atoms with Crippen LogP contribution in [-0.2, 0) is 14.3 Å². The summed E-state index contributed by atoms with van der Waals surface area (Å²) in [7, 11) is 1.58. The van der Waals surface area contributed by atoms with Crippen LogP contribution in [-0.4, -0.2) is 25.5 Å².